The molecular formula is C16H12O6. The van der Waals surface area contributed by atoms with E-state index in [1.807, 2.05) is 0 Å². The van der Waals surface area contributed by atoms with Gasteiger partial charge in [0.15, 0.2) is 23.2 Å². The first-order chi connectivity index (χ1) is 10.6. The predicted octanol–water partition coefficient (Wildman–Crippen LogP) is 1.83. The molecule has 2 atom stereocenters. The maximum atomic E-state index is 11.1. The number of phenolic OH excluding ortho intramolecular Hbond substituents is 1. The normalized spacial score (nSPS) is 26.5. The zero-order valence-electron chi connectivity index (χ0n) is 11.4. The van der Waals surface area contributed by atoms with E-state index in [1.165, 1.54) is 6.07 Å². The van der Waals surface area contributed by atoms with Gasteiger partial charge < -0.3 is 29.2 Å². The summed E-state index contributed by atoms with van der Waals surface area (Å²) in [7, 11) is 0. The van der Waals surface area contributed by atoms with Gasteiger partial charge in [-0.15, -0.1) is 0 Å². The fourth-order valence-electron chi connectivity index (χ4n) is 3.25. The van der Waals surface area contributed by atoms with Gasteiger partial charge in [0.25, 0.3) is 0 Å². The van der Waals surface area contributed by atoms with Crippen molar-refractivity contribution in [2.24, 2.45) is 0 Å². The van der Waals surface area contributed by atoms with Crippen molar-refractivity contribution in [1.82, 2.24) is 0 Å². The molecule has 2 aromatic rings. The Morgan fingerprint density at radius 2 is 1.77 bits per heavy atom. The standard InChI is InChI=1S/C16H12O6/c17-8-1-2-9-11(3-8)19-6-16(18)10-4-13-14(21-7-20-13)5-12(10)22-15(9)16/h1-5,15,17-18H,6-7H2/t15-,16+/m0/s1. The molecule has 6 heteroatoms. The minimum atomic E-state index is -1.29. The Morgan fingerprint density at radius 1 is 0.955 bits per heavy atom. The van der Waals surface area contributed by atoms with Crippen molar-refractivity contribution in [1.29, 1.82) is 0 Å². The lowest BCUT2D eigenvalue weighted by atomic mass is 9.85. The highest BCUT2D eigenvalue weighted by Gasteiger charge is 2.53. The van der Waals surface area contributed by atoms with Gasteiger partial charge in [-0.1, -0.05) is 0 Å². The molecule has 2 N–H and O–H groups in total. The smallest absolute Gasteiger partial charge is 0.231 e. The number of hydrogen-bond acceptors (Lipinski definition) is 6. The average molecular weight is 300 g/mol. The van der Waals surface area contributed by atoms with Crippen LogP contribution in [0.25, 0.3) is 0 Å². The summed E-state index contributed by atoms with van der Waals surface area (Å²) in [5.41, 5.74) is 0.0329. The van der Waals surface area contributed by atoms with Crippen LogP contribution in [0, 0.1) is 0 Å². The van der Waals surface area contributed by atoms with Crippen molar-refractivity contribution in [3.8, 4) is 28.7 Å². The van der Waals surface area contributed by atoms with E-state index in [9.17, 15) is 10.2 Å². The van der Waals surface area contributed by atoms with Crippen LogP contribution in [0.5, 0.6) is 28.7 Å². The number of rotatable bonds is 0. The van der Waals surface area contributed by atoms with E-state index in [0.717, 1.165) is 0 Å². The van der Waals surface area contributed by atoms with Gasteiger partial charge in [-0.2, -0.15) is 0 Å². The molecular weight excluding hydrogens is 288 g/mol. The second kappa shape index (κ2) is 3.78. The lowest BCUT2D eigenvalue weighted by Gasteiger charge is -2.34. The molecule has 3 heterocycles. The Balaban J connectivity index is 1.67. The number of phenols is 1. The van der Waals surface area contributed by atoms with Gasteiger partial charge >= 0.3 is 0 Å². The molecule has 3 aliphatic rings. The van der Waals surface area contributed by atoms with Crippen LogP contribution in [0.3, 0.4) is 0 Å². The largest absolute Gasteiger partial charge is 0.508 e. The van der Waals surface area contributed by atoms with Crippen LogP contribution in [0.1, 0.15) is 17.2 Å². The molecule has 0 spiro atoms. The van der Waals surface area contributed by atoms with Crippen molar-refractivity contribution in [3.05, 3.63) is 41.5 Å². The van der Waals surface area contributed by atoms with E-state index in [2.05, 4.69) is 0 Å². The highest BCUT2D eigenvalue weighted by atomic mass is 16.7. The number of aliphatic hydroxyl groups is 1. The van der Waals surface area contributed by atoms with Gasteiger partial charge in [0.1, 0.15) is 23.9 Å². The van der Waals surface area contributed by atoms with Crippen LogP contribution in [0.4, 0.5) is 0 Å². The first kappa shape index (κ1) is 12.0. The van der Waals surface area contributed by atoms with Gasteiger partial charge in [0, 0.05) is 23.3 Å². The van der Waals surface area contributed by atoms with Crippen LogP contribution in [0.15, 0.2) is 30.3 Å². The molecule has 22 heavy (non-hydrogen) atoms. The molecule has 0 aromatic heterocycles. The zero-order chi connectivity index (χ0) is 14.9. The predicted molar refractivity (Wildman–Crippen MR) is 73.4 cm³/mol. The quantitative estimate of drug-likeness (QED) is 0.773. The summed E-state index contributed by atoms with van der Waals surface area (Å²) in [6, 6.07) is 8.24. The van der Waals surface area contributed by atoms with Crippen molar-refractivity contribution >= 4 is 0 Å². The van der Waals surface area contributed by atoms with Crippen LogP contribution >= 0.6 is 0 Å². The molecule has 6 nitrogen and oxygen atoms in total. The Bertz CT molecular complexity index is 801. The fraction of sp³-hybridized carbons (Fsp3) is 0.250. The van der Waals surface area contributed by atoms with E-state index in [-0.39, 0.29) is 19.1 Å². The molecule has 3 aliphatic heterocycles. The molecule has 5 rings (SSSR count). The van der Waals surface area contributed by atoms with Gasteiger partial charge in [-0.3, -0.25) is 0 Å². The maximum absolute atomic E-state index is 11.1. The van der Waals surface area contributed by atoms with Crippen LogP contribution in [-0.4, -0.2) is 23.6 Å². The van der Waals surface area contributed by atoms with Crippen LogP contribution in [0.2, 0.25) is 0 Å². The van der Waals surface area contributed by atoms with Gasteiger partial charge in [-0.25, -0.2) is 0 Å². The van der Waals surface area contributed by atoms with Crippen molar-refractivity contribution in [2.75, 3.05) is 13.4 Å². The highest BCUT2D eigenvalue weighted by molar-refractivity contribution is 5.58. The summed E-state index contributed by atoms with van der Waals surface area (Å²) >= 11 is 0. The number of aromatic hydroxyl groups is 1. The SMILES string of the molecule is Oc1ccc2c(c1)OC[C@@]1(O)c3cc4c(cc3O[C@@H]21)OCO4. The summed E-state index contributed by atoms with van der Waals surface area (Å²) in [6.45, 7) is 0.208. The maximum Gasteiger partial charge on any atom is 0.231 e. The number of fused-ring (bicyclic) bond motifs is 6. The Labute approximate surface area is 125 Å². The molecule has 0 saturated heterocycles. The summed E-state index contributed by atoms with van der Waals surface area (Å²) in [5.74, 6) is 2.38. The third kappa shape index (κ3) is 1.37. The second-order valence-electron chi connectivity index (χ2n) is 5.63. The number of benzene rings is 2. The van der Waals surface area contributed by atoms with Crippen molar-refractivity contribution < 1.29 is 29.2 Å². The van der Waals surface area contributed by atoms with E-state index in [4.69, 9.17) is 18.9 Å². The summed E-state index contributed by atoms with van der Waals surface area (Å²) in [5, 5.41) is 20.7. The molecule has 0 unspecified atom stereocenters. The van der Waals surface area contributed by atoms with E-state index < -0.39 is 11.7 Å². The Hall–Kier alpha value is -2.60. The van der Waals surface area contributed by atoms with Crippen LogP contribution in [-0.2, 0) is 5.60 Å². The number of hydrogen-bond donors (Lipinski definition) is 2. The molecule has 0 saturated carbocycles. The third-order valence-electron chi connectivity index (χ3n) is 4.35. The second-order valence-corrected chi connectivity index (χ2v) is 5.63. The zero-order valence-corrected chi connectivity index (χ0v) is 11.4. The lowest BCUT2D eigenvalue weighted by Crippen LogP contribution is -2.41. The summed E-state index contributed by atoms with van der Waals surface area (Å²) in [4.78, 5) is 0. The first-order valence-electron chi connectivity index (χ1n) is 6.94. The van der Waals surface area contributed by atoms with Gasteiger partial charge in [0.2, 0.25) is 6.79 Å². The molecule has 2 aromatic carbocycles. The van der Waals surface area contributed by atoms with Gasteiger partial charge in [0.05, 0.1) is 0 Å². The molecule has 0 fully saturated rings. The first-order valence-corrected chi connectivity index (χ1v) is 6.94. The molecule has 0 bridgehead atoms. The Kier molecular flexibility index (Phi) is 2.06. The van der Waals surface area contributed by atoms with Crippen molar-refractivity contribution in [2.45, 2.75) is 11.7 Å². The van der Waals surface area contributed by atoms with Gasteiger partial charge in [-0.05, 0) is 18.2 Å². The van der Waals surface area contributed by atoms with Crippen LogP contribution < -0.4 is 18.9 Å². The summed E-state index contributed by atoms with van der Waals surface area (Å²) < 4.78 is 22.3. The monoisotopic (exact) mass is 300 g/mol. The van der Waals surface area contributed by atoms with Crippen molar-refractivity contribution in [3.63, 3.8) is 0 Å². The minimum Gasteiger partial charge on any atom is -0.508 e. The average Bonchev–Trinajstić information content (AvgIpc) is 3.07. The molecule has 0 amide bonds. The highest BCUT2D eigenvalue weighted by Crippen LogP contribution is 2.56. The third-order valence-corrected chi connectivity index (χ3v) is 4.35. The molecule has 0 radical (unpaired) electrons. The summed E-state index contributed by atoms with van der Waals surface area (Å²) in [6.07, 6.45) is -0.589. The van der Waals surface area contributed by atoms with E-state index in [0.29, 0.717) is 34.1 Å². The Morgan fingerprint density at radius 3 is 2.64 bits per heavy atom. The minimum absolute atomic E-state index is 0.0424. The number of ether oxygens (including phenoxy) is 4. The fourth-order valence-corrected chi connectivity index (χ4v) is 3.25. The molecule has 0 aliphatic carbocycles. The topological polar surface area (TPSA) is 77.4 Å². The lowest BCUT2D eigenvalue weighted by molar-refractivity contribution is -0.0865. The van der Waals surface area contributed by atoms with E-state index >= 15 is 0 Å². The molecule has 112 valence electrons. The van der Waals surface area contributed by atoms with E-state index in [1.54, 1.807) is 24.3 Å².